The van der Waals surface area contributed by atoms with Crippen molar-refractivity contribution in [2.24, 2.45) is 0 Å². The van der Waals surface area contributed by atoms with Gasteiger partial charge in [0, 0.05) is 13.0 Å². The van der Waals surface area contributed by atoms with Crippen molar-refractivity contribution in [3.8, 4) is 0 Å². The molecule has 0 saturated carbocycles. The second-order valence-electron chi connectivity index (χ2n) is 6.86. The standard InChI is InChI=1S/C21H18ClF3N2O3/c22-16-10-9-13(21(23,24)25)12-17(16)26-18(28)8-2-1-5-11-27-19(29)14-6-3-4-7-15(14)20(27)30/h3-4,6-7,9-10,12H,1-2,5,8,11H2,(H,26,28). The monoisotopic (exact) mass is 438 g/mol. The second-order valence-corrected chi connectivity index (χ2v) is 7.27. The van der Waals surface area contributed by atoms with Gasteiger partial charge < -0.3 is 5.32 Å². The summed E-state index contributed by atoms with van der Waals surface area (Å²) in [7, 11) is 0. The van der Waals surface area contributed by atoms with Gasteiger partial charge in [0.2, 0.25) is 5.91 Å². The summed E-state index contributed by atoms with van der Waals surface area (Å²) < 4.78 is 38.4. The number of nitrogens with one attached hydrogen (secondary N) is 1. The molecule has 1 aliphatic heterocycles. The number of benzene rings is 2. The molecule has 5 nitrogen and oxygen atoms in total. The van der Waals surface area contributed by atoms with Gasteiger partial charge in [0.15, 0.2) is 0 Å². The summed E-state index contributed by atoms with van der Waals surface area (Å²) in [5.74, 6) is -1.11. The van der Waals surface area contributed by atoms with E-state index in [0.717, 1.165) is 18.2 Å². The van der Waals surface area contributed by atoms with Gasteiger partial charge >= 0.3 is 6.18 Å². The Bertz CT molecular complexity index is 957. The molecule has 0 bridgehead atoms. The van der Waals surface area contributed by atoms with Crippen LogP contribution in [0.2, 0.25) is 5.02 Å². The molecular formula is C21H18ClF3N2O3. The van der Waals surface area contributed by atoms with Gasteiger partial charge in [-0.25, -0.2) is 0 Å². The number of hydrogen-bond acceptors (Lipinski definition) is 3. The molecule has 2 aromatic carbocycles. The van der Waals surface area contributed by atoms with Crippen LogP contribution in [0.3, 0.4) is 0 Å². The molecule has 1 aliphatic rings. The zero-order chi connectivity index (χ0) is 21.9. The van der Waals surface area contributed by atoms with Gasteiger partial charge in [-0.1, -0.05) is 30.2 Å². The third-order valence-electron chi connectivity index (χ3n) is 4.73. The normalized spacial score (nSPS) is 13.5. The average molecular weight is 439 g/mol. The van der Waals surface area contributed by atoms with Crippen LogP contribution in [-0.2, 0) is 11.0 Å². The lowest BCUT2D eigenvalue weighted by atomic mass is 10.1. The SMILES string of the molecule is O=C(CCCCCN1C(=O)c2ccccc2C1=O)Nc1cc(C(F)(F)F)ccc1Cl. The number of carbonyl (C=O) groups is 3. The van der Waals surface area contributed by atoms with Crippen molar-refractivity contribution in [1.82, 2.24) is 4.90 Å². The number of halogens is 4. The summed E-state index contributed by atoms with van der Waals surface area (Å²) in [6.07, 6.45) is -2.92. The molecule has 0 radical (unpaired) electrons. The lowest BCUT2D eigenvalue weighted by Gasteiger charge is -2.13. The number of fused-ring (bicyclic) bond motifs is 1. The van der Waals surface area contributed by atoms with Crippen LogP contribution in [0, 0.1) is 0 Å². The summed E-state index contributed by atoms with van der Waals surface area (Å²) >= 11 is 5.86. The maximum absolute atomic E-state index is 12.8. The molecule has 0 unspecified atom stereocenters. The first-order chi connectivity index (χ1) is 14.2. The molecule has 158 valence electrons. The highest BCUT2D eigenvalue weighted by Crippen LogP contribution is 2.34. The minimum atomic E-state index is -4.53. The zero-order valence-corrected chi connectivity index (χ0v) is 16.5. The van der Waals surface area contributed by atoms with E-state index >= 15 is 0 Å². The van der Waals surface area contributed by atoms with Gasteiger partial charge in [0.05, 0.1) is 27.4 Å². The molecule has 1 N–H and O–H groups in total. The number of alkyl halides is 3. The van der Waals surface area contributed by atoms with Crippen molar-refractivity contribution in [2.75, 3.05) is 11.9 Å². The number of carbonyl (C=O) groups excluding carboxylic acids is 3. The highest BCUT2D eigenvalue weighted by Gasteiger charge is 2.34. The number of nitrogens with zero attached hydrogens (tertiary/aromatic N) is 1. The van der Waals surface area contributed by atoms with E-state index in [1.807, 2.05) is 0 Å². The number of imide groups is 1. The summed E-state index contributed by atoms with van der Waals surface area (Å²) in [5.41, 5.74) is -0.217. The zero-order valence-electron chi connectivity index (χ0n) is 15.8. The molecule has 0 spiro atoms. The van der Waals surface area contributed by atoms with Crippen molar-refractivity contribution in [2.45, 2.75) is 31.9 Å². The van der Waals surface area contributed by atoms with E-state index in [2.05, 4.69) is 5.32 Å². The molecule has 1 heterocycles. The van der Waals surface area contributed by atoms with Gasteiger partial charge in [0.25, 0.3) is 11.8 Å². The number of anilines is 1. The third-order valence-corrected chi connectivity index (χ3v) is 5.06. The van der Waals surface area contributed by atoms with E-state index in [9.17, 15) is 27.6 Å². The maximum atomic E-state index is 12.8. The minimum absolute atomic E-state index is 0.0157. The Morgan fingerprint density at radius 1 is 0.967 bits per heavy atom. The first kappa shape index (κ1) is 21.8. The predicted octanol–water partition coefficient (Wildman–Crippen LogP) is 5.15. The van der Waals surface area contributed by atoms with E-state index in [0.29, 0.717) is 30.4 Å². The molecular weight excluding hydrogens is 421 g/mol. The lowest BCUT2D eigenvalue weighted by molar-refractivity contribution is -0.137. The quantitative estimate of drug-likeness (QED) is 0.480. The van der Waals surface area contributed by atoms with Crippen LogP contribution in [0.25, 0.3) is 0 Å². The predicted molar refractivity (Wildman–Crippen MR) is 105 cm³/mol. The molecule has 2 aromatic rings. The number of hydrogen-bond donors (Lipinski definition) is 1. The molecule has 9 heteroatoms. The van der Waals surface area contributed by atoms with Crippen LogP contribution < -0.4 is 5.32 Å². The Balaban J connectivity index is 1.44. The van der Waals surface area contributed by atoms with Crippen molar-refractivity contribution < 1.29 is 27.6 Å². The average Bonchev–Trinajstić information content (AvgIpc) is 2.93. The maximum Gasteiger partial charge on any atom is 0.416 e. The molecule has 0 aromatic heterocycles. The van der Waals surface area contributed by atoms with E-state index < -0.39 is 17.6 Å². The smallest absolute Gasteiger partial charge is 0.325 e. The molecule has 30 heavy (non-hydrogen) atoms. The fourth-order valence-corrected chi connectivity index (χ4v) is 3.35. The first-order valence-corrected chi connectivity index (χ1v) is 9.68. The molecule has 3 amide bonds. The van der Waals surface area contributed by atoms with Gasteiger partial charge in [0.1, 0.15) is 0 Å². The van der Waals surface area contributed by atoms with Crippen molar-refractivity contribution in [3.63, 3.8) is 0 Å². The highest BCUT2D eigenvalue weighted by atomic mass is 35.5. The van der Waals surface area contributed by atoms with Gasteiger partial charge in [-0.2, -0.15) is 13.2 Å². The van der Waals surface area contributed by atoms with E-state index in [-0.39, 0.29) is 35.5 Å². The van der Waals surface area contributed by atoms with Crippen LogP contribution in [0.1, 0.15) is 52.0 Å². The summed E-state index contributed by atoms with van der Waals surface area (Å²) in [6, 6.07) is 9.34. The molecule has 0 saturated heterocycles. The summed E-state index contributed by atoms with van der Waals surface area (Å²) in [6.45, 7) is 0.243. The molecule has 0 aliphatic carbocycles. The fourth-order valence-electron chi connectivity index (χ4n) is 3.18. The highest BCUT2D eigenvalue weighted by molar-refractivity contribution is 6.33. The van der Waals surface area contributed by atoms with Crippen molar-refractivity contribution in [3.05, 3.63) is 64.2 Å². The van der Waals surface area contributed by atoms with Gasteiger partial charge in [-0.3, -0.25) is 19.3 Å². The summed E-state index contributed by atoms with van der Waals surface area (Å²) in [5, 5.41) is 2.41. The first-order valence-electron chi connectivity index (χ1n) is 9.30. The largest absolute Gasteiger partial charge is 0.416 e. The number of unbranched alkanes of at least 4 members (excludes halogenated alkanes) is 2. The van der Waals surface area contributed by atoms with Crippen LogP contribution >= 0.6 is 11.6 Å². The minimum Gasteiger partial charge on any atom is -0.325 e. The lowest BCUT2D eigenvalue weighted by Crippen LogP contribution is -2.30. The van der Waals surface area contributed by atoms with Crippen LogP contribution in [0.5, 0.6) is 0 Å². The Labute approximate surface area is 175 Å². The Morgan fingerprint density at radius 2 is 1.60 bits per heavy atom. The number of rotatable bonds is 7. The topological polar surface area (TPSA) is 66.5 Å². The Kier molecular flexibility index (Phi) is 6.45. The van der Waals surface area contributed by atoms with Gasteiger partial charge in [-0.15, -0.1) is 0 Å². The second kappa shape index (κ2) is 8.87. The fraction of sp³-hybridized carbons (Fsp3) is 0.286. The van der Waals surface area contributed by atoms with Crippen molar-refractivity contribution in [1.29, 1.82) is 0 Å². The molecule has 0 fully saturated rings. The Hall–Kier alpha value is -2.87. The van der Waals surface area contributed by atoms with E-state index in [1.54, 1.807) is 24.3 Å². The van der Waals surface area contributed by atoms with Crippen LogP contribution in [0.4, 0.5) is 18.9 Å². The van der Waals surface area contributed by atoms with Gasteiger partial charge in [-0.05, 0) is 43.2 Å². The van der Waals surface area contributed by atoms with E-state index in [1.165, 1.54) is 4.90 Å². The third kappa shape index (κ3) is 4.81. The van der Waals surface area contributed by atoms with Crippen LogP contribution in [-0.4, -0.2) is 29.2 Å². The number of amides is 3. The molecule has 3 rings (SSSR count). The summed E-state index contributed by atoms with van der Waals surface area (Å²) in [4.78, 5) is 37.7. The van der Waals surface area contributed by atoms with Crippen molar-refractivity contribution >= 4 is 35.0 Å². The Morgan fingerprint density at radius 3 is 2.20 bits per heavy atom. The van der Waals surface area contributed by atoms with Crippen LogP contribution in [0.15, 0.2) is 42.5 Å². The molecule has 0 atom stereocenters. The van der Waals surface area contributed by atoms with E-state index in [4.69, 9.17) is 11.6 Å².